The molecule has 1 fully saturated rings. The third-order valence-corrected chi connectivity index (χ3v) is 3.37. The molecule has 0 unspecified atom stereocenters. The summed E-state index contributed by atoms with van der Waals surface area (Å²) in [6, 6.07) is 7.32. The van der Waals surface area contributed by atoms with E-state index in [-0.39, 0.29) is 12.5 Å². The number of nitrogens with zero attached hydrogens (tertiary/aromatic N) is 1. The molecule has 6 heteroatoms. The number of hydrogen-bond acceptors (Lipinski definition) is 4. The first-order valence-corrected chi connectivity index (χ1v) is 7.18. The van der Waals surface area contributed by atoms with Crippen LogP contribution in [-0.2, 0) is 9.53 Å². The first-order valence-electron chi connectivity index (χ1n) is 6.80. The summed E-state index contributed by atoms with van der Waals surface area (Å²) >= 11 is 5.87. The van der Waals surface area contributed by atoms with Crippen molar-refractivity contribution in [3.8, 4) is 0 Å². The third-order valence-electron chi connectivity index (χ3n) is 3.13. The maximum Gasteiger partial charge on any atom is 0.239 e. The van der Waals surface area contributed by atoms with E-state index in [9.17, 15) is 4.79 Å². The highest BCUT2D eigenvalue weighted by molar-refractivity contribution is 6.30. The normalized spacial score (nSPS) is 15.8. The summed E-state index contributed by atoms with van der Waals surface area (Å²) in [4.78, 5) is 14.0. The first-order chi connectivity index (χ1) is 9.74. The van der Waals surface area contributed by atoms with Crippen LogP contribution in [0.4, 0.5) is 5.69 Å². The Morgan fingerprint density at radius 3 is 2.90 bits per heavy atom. The van der Waals surface area contributed by atoms with E-state index in [1.54, 1.807) is 12.1 Å². The number of halogens is 1. The maximum absolute atomic E-state index is 11.7. The average Bonchev–Trinajstić information content (AvgIpc) is 2.46. The van der Waals surface area contributed by atoms with Crippen LogP contribution >= 0.6 is 11.6 Å². The van der Waals surface area contributed by atoms with Gasteiger partial charge in [0.1, 0.15) is 0 Å². The second kappa shape index (κ2) is 8.09. The van der Waals surface area contributed by atoms with Gasteiger partial charge in [0.25, 0.3) is 0 Å². The van der Waals surface area contributed by atoms with Gasteiger partial charge in [0, 0.05) is 36.9 Å². The molecule has 0 atom stereocenters. The Balaban J connectivity index is 1.60. The lowest BCUT2D eigenvalue weighted by Gasteiger charge is -2.26. The van der Waals surface area contributed by atoms with Crippen LogP contribution in [0, 0.1) is 0 Å². The van der Waals surface area contributed by atoms with E-state index in [0.717, 1.165) is 38.5 Å². The van der Waals surface area contributed by atoms with Crippen LogP contribution in [0.1, 0.15) is 0 Å². The van der Waals surface area contributed by atoms with Gasteiger partial charge >= 0.3 is 0 Å². The Hall–Kier alpha value is -1.30. The van der Waals surface area contributed by atoms with Gasteiger partial charge in [0.2, 0.25) is 5.91 Å². The molecule has 2 rings (SSSR count). The summed E-state index contributed by atoms with van der Waals surface area (Å²) in [6.07, 6.45) is 0. The van der Waals surface area contributed by atoms with E-state index in [4.69, 9.17) is 16.3 Å². The molecular formula is C14H20ClN3O2. The van der Waals surface area contributed by atoms with Crippen LogP contribution < -0.4 is 10.6 Å². The molecule has 1 amide bonds. The van der Waals surface area contributed by atoms with Crippen LogP contribution in [0.25, 0.3) is 0 Å². The highest BCUT2D eigenvalue weighted by Gasteiger charge is 2.09. The lowest BCUT2D eigenvalue weighted by atomic mass is 10.3. The number of carbonyl (C=O) groups excluding carboxylic acids is 1. The van der Waals surface area contributed by atoms with E-state index in [2.05, 4.69) is 15.5 Å². The Kier molecular flexibility index (Phi) is 6.11. The van der Waals surface area contributed by atoms with Gasteiger partial charge in [-0.25, -0.2) is 0 Å². The zero-order valence-electron chi connectivity index (χ0n) is 11.4. The fourth-order valence-electron chi connectivity index (χ4n) is 2.02. The van der Waals surface area contributed by atoms with Crippen molar-refractivity contribution in [2.24, 2.45) is 0 Å². The topological polar surface area (TPSA) is 53.6 Å². The largest absolute Gasteiger partial charge is 0.379 e. The number of morpholine rings is 1. The predicted octanol–water partition coefficient (Wildman–Crippen LogP) is 1.20. The lowest BCUT2D eigenvalue weighted by molar-refractivity contribution is -0.119. The van der Waals surface area contributed by atoms with E-state index in [1.807, 2.05) is 12.1 Å². The predicted molar refractivity (Wildman–Crippen MR) is 80.2 cm³/mol. The van der Waals surface area contributed by atoms with Crippen molar-refractivity contribution in [1.29, 1.82) is 0 Å². The number of amides is 1. The van der Waals surface area contributed by atoms with Gasteiger partial charge in [-0.05, 0) is 18.2 Å². The van der Waals surface area contributed by atoms with Crippen molar-refractivity contribution in [2.45, 2.75) is 0 Å². The number of ether oxygens (including phenoxy) is 1. The Bertz CT molecular complexity index is 436. The zero-order valence-corrected chi connectivity index (χ0v) is 12.2. The highest BCUT2D eigenvalue weighted by Crippen LogP contribution is 2.14. The average molecular weight is 298 g/mol. The first kappa shape index (κ1) is 15.1. The molecule has 1 saturated heterocycles. The Morgan fingerprint density at radius 2 is 2.15 bits per heavy atom. The van der Waals surface area contributed by atoms with Crippen LogP contribution in [0.15, 0.2) is 24.3 Å². The molecule has 0 aliphatic carbocycles. The smallest absolute Gasteiger partial charge is 0.239 e. The molecule has 2 N–H and O–H groups in total. The van der Waals surface area contributed by atoms with Gasteiger partial charge in [-0.3, -0.25) is 9.69 Å². The summed E-state index contributed by atoms with van der Waals surface area (Å²) in [5.74, 6) is -0.0155. The fourth-order valence-corrected chi connectivity index (χ4v) is 2.21. The van der Waals surface area contributed by atoms with Crippen molar-refractivity contribution in [1.82, 2.24) is 10.2 Å². The van der Waals surface area contributed by atoms with E-state index in [1.165, 1.54) is 0 Å². The number of anilines is 1. The second-order valence-electron chi connectivity index (χ2n) is 4.67. The number of nitrogens with one attached hydrogen (secondary N) is 2. The molecule has 20 heavy (non-hydrogen) atoms. The minimum absolute atomic E-state index is 0.0155. The lowest BCUT2D eigenvalue weighted by Crippen LogP contribution is -2.42. The molecule has 1 heterocycles. The van der Waals surface area contributed by atoms with Crippen LogP contribution in [0.2, 0.25) is 5.02 Å². The van der Waals surface area contributed by atoms with Crippen molar-refractivity contribution in [2.75, 3.05) is 51.3 Å². The summed E-state index contributed by atoms with van der Waals surface area (Å²) in [5.41, 5.74) is 0.848. The van der Waals surface area contributed by atoms with Gasteiger partial charge in [-0.2, -0.15) is 0 Å². The maximum atomic E-state index is 11.7. The molecule has 0 spiro atoms. The van der Waals surface area contributed by atoms with Crippen molar-refractivity contribution < 1.29 is 9.53 Å². The van der Waals surface area contributed by atoms with E-state index < -0.39 is 0 Å². The van der Waals surface area contributed by atoms with Crippen LogP contribution in [0.5, 0.6) is 0 Å². The monoisotopic (exact) mass is 297 g/mol. The standard InChI is InChI=1S/C14H20ClN3O2/c15-12-2-1-3-13(10-12)17-11-14(19)16-4-5-18-6-8-20-9-7-18/h1-3,10,17H,4-9,11H2,(H,16,19). The molecule has 5 nitrogen and oxygen atoms in total. The molecule has 1 aliphatic rings. The third kappa shape index (κ3) is 5.36. The highest BCUT2D eigenvalue weighted by atomic mass is 35.5. The molecule has 1 aromatic carbocycles. The van der Waals surface area contributed by atoms with Crippen molar-refractivity contribution in [3.63, 3.8) is 0 Å². The van der Waals surface area contributed by atoms with Crippen LogP contribution in [0.3, 0.4) is 0 Å². The van der Waals surface area contributed by atoms with E-state index in [0.29, 0.717) is 11.6 Å². The van der Waals surface area contributed by atoms with Gasteiger partial charge in [-0.15, -0.1) is 0 Å². The molecule has 1 aliphatic heterocycles. The number of carbonyl (C=O) groups is 1. The number of rotatable bonds is 6. The van der Waals surface area contributed by atoms with Crippen molar-refractivity contribution in [3.05, 3.63) is 29.3 Å². The molecular weight excluding hydrogens is 278 g/mol. The molecule has 0 saturated carbocycles. The van der Waals surface area contributed by atoms with E-state index >= 15 is 0 Å². The molecule has 110 valence electrons. The molecule has 0 radical (unpaired) electrons. The minimum Gasteiger partial charge on any atom is -0.379 e. The Morgan fingerprint density at radius 1 is 1.35 bits per heavy atom. The van der Waals surface area contributed by atoms with Gasteiger partial charge in [0.05, 0.1) is 19.8 Å². The minimum atomic E-state index is -0.0155. The van der Waals surface area contributed by atoms with Crippen molar-refractivity contribution >= 4 is 23.2 Å². The Labute approximate surface area is 124 Å². The molecule has 0 bridgehead atoms. The number of hydrogen-bond donors (Lipinski definition) is 2. The van der Waals surface area contributed by atoms with Crippen LogP contribution in [-0.4, -0.2) is 56.7 Å². The van der Waals surface area contributed by atoms with Gasteiger partial charge < -0.3 is 15.4 Å². The van der Waals surface area contributed by atoms with Gasteiger partial charge in [-0.1, -0.05) is 17.7 Å². The summed E-state index contributed by atoms with van der Waals surface area (Å²) < 4.78 is 5.27. The summed E-state index contributed by atoms with van der Waals surface area (Å²) in [5, 5.41) is 6.60. The summed E-state index contributed by atoms with van der Waals surface area (Å²) in [6.45, 7) is 5.23. The molecule has 0 aromatic heterocycles. The molecule has 1 aromatic rings. The fraction of sp³-hybridized carbons (Fsp3) is 0.500. The van der Waals surface area contributed by atoms with Gasteiger partial charge in [0.15, 0.2) is 0 Å². The zero-order chi connectivity index (χ0) is 14.2. The second-order valence-corrected chi connectivity index (χ2v) is 5.10. The summed E-state index contributed by atoms with van der Waals surface area (Å²) in [7, 11) is 0. The SMILES string of the molecule is O=C(CNc1cccc(Cl)c1)NCCN1CCOCC1. The quantitative estimate of drug-likeness (QED) is 0.828. The number of benzene rings is 1.